The van der Waals surface area contributed by atoms with E-state index in [0.717, 1.165) is 51.9 Å². The van der Waals surface area contributed by atoms with Crippen LogP contribution in [0.3, 0.4) is 0 Å². The van der Waals surface area contributed by atoms with E-state index in [1.807, 2.05) is 0 Å². The molecule has 2 saturated heterocycles. The number of benzene rings is 2. The van der Waals surface area contributed by atoms with Gasteiger partial charge in [0.25, 0.3) is 10.0 Å². The Bertz CT molecular complexity index is 1370. The van der Waals surface area contributed by atoms with Crippen molar-refractivity contribution in [3.63, 3.8) is 0 Å². The van der Waals surface area contributed by atoms with Gasteiger partial charge in [-0.25, -0.2) is 13.2 Å². The van der Waals surface area contributed by atoms with E-state index >= 15 is 0 Å². The Morgan fingerprint density at radius 3 is 1.98 bits per heavy atom. The molecule has 0 spiro atoms. The lowest BCUT2D eigenvalue weighted by Gasteiger charge is -2.50. The van der Waals surface area contributed by atoms with E-state index < -0.39 is 17.4 Å². The second-order valence-electron chi connectivity index (χ2n) is 12.0. The fourth-order valence-corrected chi connectivity index (χ4v) is 12.2. The van der Waals surface area contributed by atoms with Crippen LogP contribution in [0.1, 0.15) is 72.1 Å². The Labute approximate surface area is 262 Å². The summed E-state index contributed by atoms with van der Waals surface area (Å²) >= 11 is 12.5. The molecule has 0 radical (unpaired) electrons. The molecule has 0 bridgehead atoms. The van der Waals surface area contributed by atoms with Gasteiger partial charge in [-0.05, 0) is 68.2 Å². The van der Waals surface area contributed by atoms with E-state index in [2.05, 4.69) is 40.2 Å². The molecule has 2 aliphatic heterocycles. The third-order valence-corrected chi connectivity index (χ3v) is 14.6. The molecule has 4 rings (SSSR count). The van der Waals surface area contributed by atoms with Crippen molar-refractivity contribution in [3.8, 4) is 5.75 Å². The van der Waals surface area contributed by atoms with Crippen molar-refractivity contribution in [2.24, 2.45) is 4.74 Å². The SMILES string of the molecule is COc1ccccc1NS(=O)(=O)c1ccc(Cl)c(NC(=S)N=P(N2CCCCCC2)(N2CCCCCC2)C(C)(C)C)c1. The number of hydrogen-bond donors (Lipinski definition) is 2. The topological polar surface area (TPSA) is 86.3 Å². The van der Waals surface area contributed by atoms with Gasteiger partial charge in [-0.15, -0.1) is 0 Å². The molecule has 2 aliphatic rings. The zero-order valence-corrected chi connectivity index (χ0v) is 28.5. The van der Waals surface area contributed by atoms with Crippen molar-refractivity contribution >= 4 is 57.7 Å². The number of methoxy groups -OCH3 is 1. The molecule has 8 nitrogen and oxygen atoms in total. The summed E-state index contributed by atoms with van der Waals surface area (Å²) in [6.07, 6.45) is 9.59. The summed E-state index contributed by atoms with van der Waals surface area (Å²) in [4.78, 5) is 0.0556. The summed E-state index contributed by atoms with van der Waals surface area (Å²) in [5.41, 5.74) is 0.761. The Balaban J connectivity index is 1.71. The number of halogens is 1. The largest absolute Gasteiger partial charge is 0.495 e. The number of rotatable bonds is 7. The Kier molecular flexibility index (Phi) is 11.4. The third-order valence-electron chi connectivity index (χ3n) is 7.93. The molecule has 0 saturated carbocycles. The number of ether oxygens (including phenoxy) is 1. The molecule has 0 atom stereocenters. The van der Waals surface area contributed by atoms with E-state index in [1.165, 1.54) is 44.9 Å². The van der Waals surface area contributed by atoms with Gasteiger partial charge in [0.1, 0.15) is 13.1 Å². The first-order chi connectivity index (χ1) is 20.0. The van der Waals surface area contributed by atoms with E-state index in [4.69, 9.17) is 33.3 Å². The molecular formula is C30H45ClN5O3PS2. The standard InChI is InChI=1S/C30H45ClN5O3PS2/c1-30(2,3)40(35-19-11-5-6-12-20-35,36-21-13-7-8-14-22-36)33-29(41)32-27-23-24(17-18-25(27)31)42(37,38)34-26-15-9-10-16-28(26)39-4/h9-10,15-18,23,34H,5-8,11-14,19-22H2,1-4H3,(H,32,41). The van der Waals surface area contributed by atoms with Crippen LogP contribution in [0.25, 0.3) is 0 Å². The normalized spacial score (nSPS) is 18.0. The fraction of sp³-hybridized carbons (Fsp3) is 0.567. The second-order valence-corrected chi connectivity index (χ2v) is 18.2. The molecule has 12 heteroatoms. The van der Waals surface area contributed by atoms with Crippen molar-refractivity contribution in [1.29, 1.82) is 0 Å². The number of sulfonamides is 1. The van der Waals surface area contributed by atoms with Crippen LogP contribution in [0, 0.1) is 0 Å². The van der Waals surface area contributed by atoms with Crippen molar-refractivity contribution in [3.05, 3.63) is 47.5 Å². The smallest absolute Gasteiger partial charge is 0.262 e. The molecule has 2 fully saturated rings. The minimum absolute atomic E-state index is 0.0556. The maximum atomic E-state index is 13.4. The van der Waals surface area contributed by atoms with Crippen LogP contribution in [0.15, 0.2) is 52.1 Å². The Morgan fingerprint density at radius 2 is 1.45 bits per heavy atom. The molecule has 0 aliphatic carbocycles. The van der Waals surface area contributed by atoms with E-state index in [1.54, 1.807) is 30.3 Å². The van der Waals surface area contributed by atoms with E-state index in [-0.39, 0.29) is 10.1 Å². The van der Waals surface area contributed by atoms with Crippen molar-refractivity contribution < 1.29 is 13.2 Å². The molecule has 232 valence electrons. The zero-order valence-electron chi connectivity index (χ0n) is 25.2. The number of thiocarbonyl (C=S) groups is 1. The summed E-state index contributed by atoms with van der Waals surface area (Å²) < 4.78 is 45.4. The van der Waals surface area contributed by atoms with E-state index in [9.17, 15) is 8.42 Å². The van der Waals surface area contributed by atoms with Crippen LogP contribution in [0.2, 0.25) is 5.02 Å². The Morgan fingerprint density at radius 1 is 0.905 bits per heavy atom. The maximum absolute atomic E-state index is 13.4. The summed E-state index contributed by atoms with van der Waals surface area (Å²) in [5.74, 6) is 0.429. The predicted molar refractivity (Wildman–Crippen MR) is 181 cm³/mol. The van der Waals surface area contributed by atoms with Gasteiger partial charge in [-0.2, -0.15) is 0 Å². The van der Waals surface area contributed by atoms with Gasteiger partial charge in [0.05, 0.1) is 28.4 Å². The van der Waals surface area contributed by atoms with Gasteiger partial charge < -0.3 is 10.1 Å². The summed E-state index contributed by atoms with van der Waals surface area (Å²) in [7, 11) is -4.73. The maximum Gasteiger partial charge on any atom is 0.262 e. The van der Waals surface area contributed by atoms with Crippen LogP contribution in [0.5, 0.6) is 5.75 Å². The highest BCUT2D eigenvalue weighted by Gasteiger charge is 2.44. The summed E-state index contributed by atoms with van der Waals surface area (Å²) in [6, 6.07) is 11.4. The van der Waals surface area contributed by atoms with Gasteiger partial charge >= 0.3 is 0 Å². The minimum Gasteiger partial charge on any atom is -0.495 e. The first-order valence-corrected chi connectivity index (χ1v) is 18.8. The number of anilines is 2. The first-order valence-electron chi connectivity index (χ1n) is 14.9. The number of para-hydroxylation sites is 2. The first kappa shape index (κ1) is 33.2. The molecule has 2 heterocycles. The average Bonchev–Trinajstić information content (AvgIpc) is 3.38. The van der Waals surface area contributed by atoms with Crippen molar-refractivity contribution in [1.82, 2.24) is 9.34 Å². The molecule has 2 aromatic rings. The second kappa shape index (κ2) is 14.4. The Hall–Kier alpha value is -1.68. The van der Waals surface area contributed by atoms with Gasteiger partial charge in [0.2, 0.25) is 0 Å². The monoisotopic (exact) mass is 653 g/mol. The lowest BCUT2D eigenvalue weighted by Crippen LogP contribution is -2.42. The van der Waals surface area contributed by atoms with Gasteiger partial charge in [0, 0.05) is 31.3 Å². The lowest BCUT2D eigenvalue weighted by molar-refractivity contribution is 0.368. The predicted octanol–water partition coefficient (Wildman–Crippen LogP) is 8.43. The van der Waals surface area contributed by atoms with Crippen molar-refractivity contribution in [2.75, 3.05) is 43.3 Å². The van der Waals surface area contributed by atoms with Gasteiger partial charge in [-0.1, -0.05) is 70.2 Å². The molecule has 42 heavy (non-hydrogen) atoms. The van der Waals surface area contributed by atoms with Crippen LogP contribution in [-0.4, -0.2) is 61.3 Å². The van der Waals surface area contributed by atoms with Gasteiger partial charge in [-0.3, -0.25) is 14.1 Å². The fourth-order valence-electron chi connectivity index (χ4n) is 5.94. The van der Waals surface area contributed by atoms with Crippen molar-refractivity contribution in [2.45, 2.75) is 82.2 Å². The van der Waals surface area contributed by atoms with E-state index in [0.29, 0.717) is 27.3 Å². The minimum atomic E-state index is -3.93. The highest BCUT2D eigenvalue weighted by Crippen LogP contribution is 2.67. The van der Waals surface area contributed by atoms with Crippen LogP contribution in [-0.2, 0) is 10.0 Å². The molecular weight excluding hydrogens is 609 g/mol. The summed E-state index contributed by atoms with van der Waals surface area (Å²) in [6.45, 7) is 10.9. The molecule has 0 aromatic heterocycles. The van der Waals surface area contributed by atoms with Crippen LogP contribution >= 0.6 is 31.2 Å². The van der Waals surface area contributed by atoms with Gasteiger partial charge in [0.15, 0.2) is 5.11 Å². The van der Waals surface area contributed by atoms with Crippen LogP contribution in [0.4, 0.5) is 11.4 Å². The number of nitrogens with zero attached hydrogens (tertiary/aromatic N) is 3. The molecule has 0 unspecified atom stereocenters. The molecule has 2 aromatic carbocycles. The number of nitrogens with one attached hydrogen (secondary N) is 2. The zero-order chi connectivity index (χ0) is 30.4. The highest BCUT2D eigenvalue weighted by atomic mass is 35.5. The third kappa shape index (κ3) is 7.69. The van der Waals surface area contributed by atoms with Crippen LogP contribution < -0.4 is 14.8 Å². The molecule has 0 amide bonds. The molecule has 2 N–H and O–H groups in total. The lowest BCUT2D eigenvalue weighted by atomic mass is 10.2. The highest BCUT2D eigenvalue weighted by molar-refractivity contribution is 7.92. The number of hydrogen-bond acceptors (Lipinski definition) is 4. The quantitative estimate of drug-likeness (QED) is 0.229. The summed E-state index contributed by atoms with van der Waals surface area (Å²) in [5, 5.41) is 3.80. The average molecular weight is 654 g/mol.